The number of fused-ring (bicyclic) bond motifs is 7. The molecule has 1 aliphatic heterocycles. The van der Waals surface area contributed by atoms with Gasteiger partial charge in [-0.2, -0.15) is 0 Å². The molecule has 5 aromatic carbocycles. The number of furan rings is 1. The highest BCUT2D eigenvalue weighted by Crippen LogP contribution is 2.57. The molecule has 0 saturated heterocycles. The highest BCUT2D eigenvalue weighted by atomic mass is 16.3. The Morgan fingerprint density at radius 1 is 0.622 bits per heavy atom. The van der Waals surface area contributed by atoms with Crippen molar-refractivity contribution >= 4 is 28.4 Å². The standard InChI is InChI=1S/C40H28N4O/c1-25-21-22-31-35-33(24-23-30-29-19-11-12-20-32(29)44(36(30)35)28-17-9-4-10-18-28)45-37(31)34(25)40-42-38(26-13-5-2-6-14-26)41-39(43-40)27-15-7-3-8-16-27/h2-24,30,36H,1H3. The Morgan fingerprint density at radius 2 is 1.22 bits per heavy atom. The maximum absolute atomic E-state index is 6.83. The van der Waals surface area contributed by atoms with Crippen LogP contribution in [0.1, 0.15) is 34.4 Å². The zero-order chi connectivity index (χ0) is 29.9. The monoisotopic (exact) mass is 580 g/mol. The molecule has 0 saturated carbocycles. The van der Waals surface area contributed by atoms with Gasteiger partial charge in [0.05, 0.1) is 11.6 Å². The van der Waals surface area contributed by atoms with Crippen molar-refractivity contribution in [3.63, 3.8) is 0 Å². The highest BCUT2D eigenvalue weighted by molar-refractivity contribution is 5.98. The van der Waals surface area contributed by atoms with Crippen LogP contribution >= 0.6 is 0 Å². The normalized spacial score (nSPS) is 16.4. The molecule has 2 aromatic heterocycles. The minimum Gasteiger partial charge on any atom is -0.456 e. The maximum Gasteiger partial charge on any atom is 0.168 e. The third kappa shape index (κ3) is 4.05. The van der Waals surface area contributed by atoms with Crippen molar-refractivity contribution < 1.29 is 4.42 Å². The van der Waals surface area contributed by atoms with Crippen LogP contribution in [-0.2, 0) is 0 Å². The van der Waals surface area contributed by atoms with Crippen LogP contribution < -0.4 is 4.90 Å². The van der Waals surface area contributed by atoms with E-state index in [4.69, 9.17) is 19.4 Å². The van der Waals surface area contributed by atoms with E-state index >= 15 is 0 Å². The fraction of sp³-hybridized carbons (Fsp3) is 0.0750. The summed E-state index contributed by atoms with van der Waals surface area (Å²) in [4.78, 5) is 17.5. The second-order valence-electron chi connectivity index (χ2n) is 11.6. The van der Waals surface area contributed by atoms with Crippen molar-refractivity contribution in [2.75, 3.05) is 4.90 Å². The summed E-state index contributed by atoms with van der Waals surface area (Å²) in [6, 6.07) is 44.0. The zero-order valence-corrected chi connectivity index (χ0v) is 24.6. The molecular weight excluding hydrogens is 552 g/mol. The molecule has 214 valence electrons. The number of rotatable bonds is 4. The highest BCUT2D eigenvalue weighted by Gasteiger charge is 2.43. The fourth-order valence-corrected chi connectivity index (χ4v) is 6.99. The molecular formula is C40H28N4O. The van der Waals surface area contributed by atoms with Crippen molar-refractivity contribution in [1.82, 2.24) is 15.0 Å². The quantitative estimate of drug-likeness (QED) is 0.207. The summed E-state index contributed by atoms with van der Waals surface area (Å²) in [6.45, 7) is 2.10. The van der Waals surface area contributed by atoms with Gasteiger partial charge in [0, 0.05) is 39.4 Å². The first-order valence-electron chi connectivity index (χ1n) is 15.3. The average Bonchev–Trinajstić information content (AvgIpc) is 3.65. The minimum absolute atomic E-state index is 0.0553. The summed E-state index contributed by atoms with van der Waals surface area (Å²) < 4.78 is 6.83. The van der Waals surface area contributed by atoms with Crippen LogP contribution in [0.3, 0.4) is 0 Å². The van der Waals surface area contributed by atoms with E-state index in [2.05, 4.69) is 90.7 Å². The lowest BCUT2D eigenvalue weighted by atomic mass is 9.84. The number of hydrogen-bond donors (Lipinski definition) is 0. The van der Waals surface area contributed by atoms with Crippen molar-refractivity contribution in [2.45, 2.75) is 18.9 Å². The number of aromatic nitrogens is 3. The van der Waals surface area contributed by atoms with Gasteiger partial charge in [-0.05, 0) is 42.3 Å². The van der Waals surface area contributed by atoms with Gasteiger partial charge in [-0.15, -0.1) is 0 Å². The van der Waals surface area contributed by atoms with Gasteiger partial charge in [0.25, 0.3) is 0 Å². The number of para-hydroxylation sites is 2. The van der Waals surface area contributed by atoms with Crippen molar-refractivity contribution in [1.29, 1.82) is 0 Å². The number of anilines is 2. The van der Waals surface area contributed by atoms with Crippen LogP contribution in [0.25, 0.3) is 51.2 Å². The van der Waals surface area contributed by atoms with Gasteiger partial charge in [0.2, 0.25) is 0 Å². The van der Waals surface area contributed by atoms with E-state index in [1.807, 2.05) is 60.7 Å². The molecule has 2 atom stereocenters. The third-order valence-electron chi connectivity index (χ3n) is 9.02. The smallest absolute Gasteiger partial charge is 0.168 e. The lowest BCUT2D eigenvalue weighted by Crippen LogP contribution is -2.23. The Bertz CT molecular complexity index is 2180. The van der Waals surface area contributed by atoms with Gasteiger partial charge < -0.3 is 9.32 Å². The van der Waals surface area contributed by atoms with Crippen LogP contribution in [0.5, 0.6) is 0 Å². The molecule has 7 aromatic rings. The average molecular weight is 581 g/mol. The first kappa shape index (κ1) is 25.7. The molecule has 5 heteroatoms. The van der Waals surface area contributed by atoms with Crippen LogP contribution in [0.4, 0.5) is 11.4 Å². The predicted molar refractivity (Wildman–Crippen MR) is 180 cm³/mol. The molecule has 2 unspecified atom stereocenters. The molecule has 1 aliphatic carbocycles. The zero-order valence-electron chi connectivity index (χ0n) is 24.6. The van der Waals surface area contributed by atoms with Gasteiger partial charge in [0.15, 0.2) is 17.5 Å². The van der Waals surface area contributed by atoms with E-state index in [9.17, 15) is 0 Å². The Hall–Kier alpha value is -5.81. The van der Waals surface area contributed by atoms with E-state index in [1.54, 1.807) is 0 Å². The molecule has 0 radical (unpaired) electrons. The van der Waals surface area contributed by atoms with Crippen LogP contribution in [0.15, 0.2) is 138 Å². The summed E-state index contributed by atoms with van der Waals surface area (Å²) in [7, 11) is 0. The fourth-order valence-electron chi connectivity index (χ4n) is 6.99. The molecule has 3 heterocycles. The summed E-state index contributed by atoms with van der Waals surface area (Å²) in [5, 5.41) is 1.08. The van der Waals surface area contributed by atoms with E-state index < -0.39 is 0 Å². The molecule has 0 bridgehead atoms. The van der Waals surface area contributed by atoms with Crippen LogP contribution in [-0.4, -0.2) is 15.0 Å². The second kappa shape index (κ2) is 10.1. The molecule has 0 spiro atoms. The first-order valence-corrected chi connectivity index (χ1v) is 15.3. The van der Waals surface area contributed by atoms with Crippen LogP contribution in [0, 0.1) is 6.92 Å². The summed E-state index contributed by atoms with van der Waals surface area (Å²) in [6.07, 6.45) is 4.45. The molecule has 5 nitrogen and oxygen atoms in total. The summed E-state index contributed by atoms with van der Waals surface area (Å²) in [5.41, 5.74) is 9.54. The number of nitrogens with zero attached hydrogens (tertiary/aromatic N) is 4. The SMILES string of the molecule is Cc1ccc2c3c(oc2c1-c1nc(-c2ccccc2)nc(-c2ccccc2)n1)C=CC1c2ccccc2N(c2ccccc2)C31. The van der Waals surface area contributed by atoms with Gasteiger partial charge >= 0.3 is 0 Å². The van der Waals surface area contributed by atoms with Crippen molar-refractivity contribution in [3.05, 3.63) is 156 Å². The van der Waals surface area contributed by atoms with Crippen molar-refractivity contribution in [3.8, 4) is 34.2 Å². The molecule has 9 rings (SSSR count). The molecule has 0 amide bonds. The minimum atomic E-state index is 0.0553. The Morgan fingerprint density at radius 3 is 1.91 bits per heavy atom. The number of aryl methyl sites for hydroxylation is 1. The van der Waals surface area contributed by atoms with E-state index in [0.717, 1.165) is 44.7 Å². The van der Waals surface area contributed by atoms with Gasteiger partial charge in [-0.3, -0.25) is 0 Å². The van der Waals surface area contributed by atoms with E-state index in [0.29, 0.717) is 17.5 Å². The van der Waals surface area contributed by atoms with Gasteiger partial charge in [0.1, 0.15) is 11.3 Å². The molecule has 0 N–H and O–H groups in total. The first-order chi connectivity index (χ1) is 22.2. The van der Waals surface area contributed by atoms with Gasteiger partial charge in [-0.1, -0.05) is 115 Å². The number of hydrogen-bond acceptors (Lipinski definition) is 5. The Balaban J connectivity index is 1.28. The van der Waals surface area contributed by atoms with Crippen molar-refractivity contribution in [2.24, 2.45) is 0 Å². The van der Waals surface area contributed by atoms with Crippen LogP contribution in [0.2, 0.25) is 0 Å². The largest absolute Gasteiger partial charge is 0.456 e. The molecule has 0 fully saturated rings. The topological polar surface area (TPSA) is 55.1 Å². The van der Waals surface area contributed by atoms with E-state index in [1.165, 1.54) is 16.8 Å². The molecule has 2 aliphatic rings. The van der Waals surface area contributed by atoms with E-state index in [-0.39, 0.29) is 12.0 Å². The summed E-state index contributed by atoms with van der Waals surface area (Å²) >= 11 is 0. The second-order valence-corrected chi connectivity index (χ2v) is 11.6. The summed E-state index contributed by atoms with van der Waals surface area (Å²) in [5.74, 6) is 2.95. The lowest BCUT2D eigenvalue weighted by molar-refractivity contribution is 0.573. The molecule has 45 heavy (non-hydrogen) atoms. The number of benzene rings is 5. The maximum atomic E-state index is 6.83. The Labute approximate surface area is 261 Å². The van der Waals surface area contributed by atoms with Gasteiger partial charge in [-0.25, -0.2) is 15.0 Å². The third-order valence-corrected chi connectivity index (χ3v) is 9.02. The predicted octanol–water partition coefficient (Wildman–Crippen LogP) is 9.93. The lowest BCUT2D eigenvalue weighted by Gasteiger charge is -2.31. The Kier molecular flexibility index (Phi) is 5.78.